The van der Waals surface area contributed by atoms with E-state index in [9.17, 15) is 0 Å². The van der Waals surface area contributed by atoms with Crippen molar-refractivity contribution >= 4 is 17.2 Å². The highest BCUT2D eigenvalue weighted by atomic mass is 35.5. The Balaban J connectivity index is 2.19. The molecule has 3 aromatic rings. The van der Waals surface area contributed by atoms with E-state index in [-0.39, 0.29) is 0 Å². The number of benzene rings is 1. The number of rotatable bonds is 2. The lowest BCUT2D eigenvalue weighted by molar-refractivity contribution is 1.04. The standard InChI is InChI=1S/C14H12ClN3/c15-12-5-1-3-10(7-12)13-9-18-6-2-4-11(8-16)14(18)17-13/h1-7,9H,8,16H2. The molecule has 0 atom stereocenters. The summed E-state index contributed by atoms with van der Waals surface area (Å²) in [5.74, 6) is 0. The fourth-order valence-corrected chi connectivity index (χ4v) is 2.21. The number of imidazole rings is 1. The third-order valence-corrected chi connectivity index (χ3v) is 3.14. The molecule has 0 saturated heterocycles. The van der Waals surface area contributed by atoms with Crippen LogP contribution in [0.4, 0.5) is 0 Å². The molecule has 2 heterocycles. The fraction of sp³-hybridized carbons (Fsp3) is 0.0714. The van der Waals surface area contributed by atoms with Gasteiger partial charge in [0.15, 0.2) is 0 Å². The van der Waals surface area contributed by atoms with Crippen LogP contribution in [-0.4, -0.2) is 9.38 Å². The first-order valence-corrected chi connectivity index (χ1v) is 6.08. The first-order chi connectivity index (χ1) is 8.78. The summed E-state index contributed by atoms with van der Waals surface area (Å²) >= 11 is 6.00. The van der Waals surface area contributed by atoms with Gasteiger partial charge in [-0.05, 0) is 18.2 Å². The number of hydrogen-bond acceptors (Lipinski definition) is 2. The van der Waals surface area contributed by atoms with E-state index in [2.05, 4.69) is 4.98 Å². The van der Waals surface area contributed by atoms with Gasteiger partial charge in [-0.3, -0.25) is 0 Å². The maximum atomic E-state index is 6.00. The molecule has 3 rings (SSSR count). The second-order valence-electron chi connectivity index (χ2n) is 4.10. The van der Waals surface area contributed by atoms with Crippen molar-refractivity contribution in [3.8, 4) is 11.3 Å². The monoisotopic (exact) mass is 257 g/mol. The number of hydrogen-bond donors (Lipinski definition) is 1. The van der Waals surface area contributed by atoms with Crippen molar-refractivity contribution < 1.29 is 0 Å². The molecule has 3 nitrogen and oxygen atoms in total. The molecule has 1 aromatic carbocycles. The number of pyridine rings is 1. The van der Waals surface area contributed by atoms with Gasteiger partial charge in [-0.2, -0.15) is 0 Å². The molecule has 4 heteroatoms. The van der Waals surface area contributed by atoms with Gasteiger partial charge in [0.05, 0.1) is 5.69 Å². The van der Waals surface area contributed by atoms with Crippen molar-refractivity contribution in [1.29, 1.82) is 0 Å². The van der Waals surface area contributed by atoms with Crippen LogP contribution in [0.1, 0.15) is 5.56 Å². The van der Waals surface area contributed by atoms with E-state index in [0.717, 1.165) is 22.5 Å². The second-order valence-corrected chi connectivity index (χ2v) is 4.54. The molecule has 0 unspecified atom stereocenters. The van der Waals surface area contributed by atoms with Crippen molar-refractivity contribution in [1.82, 2.24) is 9.38 Å². The summed E-state index contributed by atoms with van der Waals surface area (Å²) in [7, 11) is 0. The average molecular weight is 258 g/mol. The SMILES string of the molecule is NCc1cccn2cc(-c3cccc(Cl)c3)nc12. The second kappa shape index (κ2) is 4.44. The summed E-state index contributed by atoms with van der Waals surface area (Å²) in [5.41, 5.74) is 9.55. The summed E-state index contributed by atoms with van der Waals surface area (Å²) in [4.78, 5) is 4.62. The molecular weight excluding hydrogens is 246 g/mol. The van der Waals surface area contributed by atoms with Gasteiger partial charge >= 0.3 is 0 Å². The molecule has 0 radical (unpaired) electrons. The summed E-state index contributed by atoms with van der Waals surface area (Å²) in [5, 5.41) is 0.712. The molecule has 0 aliphatic rings. The van der Waals surface area contributed by atoms with E-state index in [4.69, 9.17) is 17.3 Å². The Bertz CT molecular complexity index is 703. The summed E-state index contributed by atoms with van der Waals surface area (Å²) < 4.78 is 1.98. The van der Waals surface area contributed by atoms with Crippen LogP contribution < -0.4 is 5.73 Å². The van der Waals surface area contributed by atoms with Crippen LogP contribution in [-0.2, 0) is 6.54 Å². The van der Waals surface area contributed by atoms with E-state index < -0.39 is 0 Å². The third-order valence-electron chi connectivity index (χ3n) is 2.90. The van der Waals surface area contributed by atoms with Gasteiger partial charge in [0.25, 0.3) is 0 Å². The average Bonchev–Trinajstić information content (AvgIpc) is 2.82. The van der Waals surface area contributed by atoms with E-state index >= 15 is 0 Å². The summed E-state index contributed by atoms with van der Waals surface area (Å²) in [6, 6.07) is 11.6. The maximum Gasteiger partial charge on any atom is 0.141 e. The third kappa shape index (κ3) is 1.88. The minimum atomic E-state index is 0.482. The molecule has 0 amide bonds. The first-order valence-electron chi connectivity index (χ1n) is 5.70. The van der Waals surface area contributed by atoms with Crippen LogP contribution in [0.5, 0.6) is 0 Å². The Kier molecular flexibility index (Phi) is 2.78. The highest BCUT2D eigenvalue weighted by molar-refractivity contribution is 6.30. The van der Waals surface area contributed by atoms with Crippen LogP contribution in [0.3, 0.4) is 0 Å². The Morgan fingerprint density at radius 3 is 2.89 bits per heavy atom. The molecule has 0 aliphatic heterocycles. The topological polar surface area (TPSA) is 43.3 Å². The Morgan fingerprint density at radius 2 is 2.11 bits per heavy atom. The van der Waals surface area contributed by atoms with Gasteiger partial charge in [0.1, 0.15) is 5.65 Å². The van der Waals surface area contributed by atoms with Crippen molar-refractivity contribution in [2.45, 2.75) is 6.54 Å². The van der Waals surface area contributed by atoms with Gasteiger partial charge < -0.3 is 10.1 Å². The largest absolute Gasteiger partial charge is 0.326 e. The van der Waals surface area contributed by atoms with Gasteiger partial charge in [-0.1, -0.05) is 29.8 Å². The number of aromatic nitrogens is 2. The van der Waals surface area contributed by atoms with E-state index in [1.807, 2.05) is 53.2 Å². The molecular formula is C14H12ClN3. The predicted octanol–water partition coefficient (Wildman–Crippen LogP) is 3.11. The number of fused-ring (bicyclic) bond motifs is 1. The van der Waals surface area contributed by atoms with Gasteiger partial charge in [-0.25, -0.2) is 4.98 Å². The zero-order valence-electron chi connectivity index (χ0n) is 9.68. The van der Waals surface area contributed by atoms with Crippen LogP contribution in [0.25, 0.3) is 16.9 Å². The van der Waals surface area contributed by atoms with Crippen LogP contribution >= 0.6 is 11.6 Å². The number of nitrogens with zero attached hydrogens (tertiary/aromatic N) is 2. The van der Waals surface area contributed by atoms with Crippen molar-refractivity contribution in [2.75, 3.05) is 0 Å². The summed E-state index contributed by atoms with van der Waals surface area (Å²) in [6.45, 7) is 0.482. The smallest absolute Gasteiger partial charge is 0.141 e. The van der Waals surface area contributed by atoms with Crippen molar-refractivity contribution in [3.05, 3.63) is 59.4 Å². The molecule has 0 aliphatic carbocycles. The highest BCUT2D eigenvalue weighted by Crippen LogP contribution is 2.23. The molecule has 2 aromatic heterocycles. The van der Waals surface area contributed by atoms with Crippen molar-refractivity contribution in [3.63, 3.8) is 0 Å². The highest BCUT2D eigenvalue weighted by Gasteiger charge is 2.07. The zero-order chi connectivity index (χ0) is 12.5. The minimum absolute atomic E-state index is 0.482. The molecule has 0 fully saturated rings. The predicted molar refractivity (Wildman–Crippen MR) is 73.5 cm³/mol. The lowest BCUT2D eigenvalue weighted by Gasteiger charge is -1.98. The Hall–Kier alpha value is -1.84. The molecule has 0 spiro atoms. The van der Waals surface area contributed by atoms with Gasteiger partial charge in [0, 0.05) is 35.1 Å². The van der Waals surface area contributed by atoms with Crippen LogP contribution in [0.15, 0.2) is 48.8 Å². The minimum Gasteiger partial charge on any atom is -0.326 e. The molecule has 0 bridgehead atoms. The molecule has 90 valence electrons. The van der Waals surface area contributed by atoms with E-state index in [1.165, 1.54) is 0 Å². The van der Waals surface area contributed by atoms with Crippen LogP contribution in [0.2, 0.25) is 5.02 Å². The van der Waals surface area contributed by atoms with E-state index in [0.29, 0.717) is 11.6 Å². The fourth-order valence-electron chi connectivity index (χ4n) is 2.02. The normalized spacial score (nSPS) is 11.0. The molecule has 18 heavy (non-hydrogen) atoms. The van der Waals surface area contributed by atoms with Gasteiger partial charge in [0.2, 0.25) is 0 Å². The lowest BCUT2D eigenvalue weighted by Crippen LogP contribution is -1.99. The van der Waals surface area contributed by atoms with E-state index in [1.54, 1.807) is 0 Å². The lowest BCUT2D eigenvalue weighted by atomic mass is 10.2. The van der Waals surface area contributed by atoms with Crippen molar-refractivity contribution in [2.24, 2.45) is 5.73 Å². The number of nitrogens with two attached hydrogens (primary N) is 1. The van der Waals surface area contributed by atoms with Gasteiger partial charge in [-0.15, -0.1) is 0 Å². The zero-order valence-corrected chi connectivity index (χ0v) is 10.4. The Morgan fingerprint density at radius 1 is 1.22 bits per heavy atom. The number of halogens is 1. The first kappa shape index (κ1) is 11.3. The Labute approximate surface area is 110 Å². The summed E-state index contributed by atoms with van der Waals surface area (Å²) in [6.07, 6.45) is 3.95. The van der Waals surface area contributed by atoms with Crippen LogP contribution in [0, 0.1) is 0 Å². The quantitative estimate of drug-likeness (QED) is 0.767. The maximum absolute atomic E-state index is 6.00. The molecule has 2 N–H and O–H groups in total. The molecule has 0 saturated carbocycles.